The summed E-state index contributed by atoms with van der Waals surface area (Å²) in [7, 11) is 0. The van der Waals surface area contributed by atoms with E-state index < -0.39 is 0 Å². The Morgan fingerprint density at radius 3 is 2.89 bits per heavy atom. The van der Waals surface area contributed by atoms with Crippen LogP contribution in [0.15, 0.2) is 34.1 Å². The maximum absolute atomic E-state index is 4.42. The molecule has 1 saturated heterocycles. The average molecular weight is 291 g/mol. The molecule has 0 N–H and O–H groups in total. The van der Waals surface area contributed by atoms with Crippen molar-refractivity contribution in [3.63, 3.8) is 0 Å². The molecule has 100 valence electrons. The average Bonchev–Trinajstić information content (AvgIpc) is 3.00. The number of nitrogens with zero attached hydrogens (tertiary/aromatic N) is 3. The van der Waals surface area contributed by atoms with Crippen LogP contribution in [-0.2, 0) is 5.75 Å². The molecule has 0 spiro atoms. The van der Waals surface area contributed by atoms with E-state index >= 15 is 0 Å². The largest absolute Gasteiger partial charge is 0.357 e. The minimum absolute atomic E-state index is 0.921. The van der Waals surface area contributed by atoms with Crippen molar-refractivity contribution in [3.05, 3.63) is 35.6 Å². The van der Waals surface area contributed by atoms with Gasteiger partial charge in [-0.1, -0.05) is 6.07 Å². The second-order valence-electron chi connectivity index (χ2n) is 4.64. The molecule has 3 rings (SSSR count). The van der Waals surface area contributed by atoms with E-state index in [0.29, 0.717) is 0 Å². The van der Waals surface area contributed by atoms with Crippen LogP contribution in [0.3, 0.4) is 0 Å². The summed E-state index contributed by atoms with van der Waals surface area (Å²) in [5.74, 6) is 2.01. The van der Waals surface area contributed by atoms with Gasteiger partial charge >= 0.3 is 0 Å². The van der Waals surface area contributed by atoms with Gasteiger partial charge in [-0.3, -0.25) is 0 Å². The summed E-state index contributed by atoms with van der Waals surface area (Å²) in [6.07, 6.45) is 5.61. The molecule has 0 radical (unpaired) electrons. The lowest BCUT2D eigenvalue weighted by Crippen LogP contribution is -2.30. The van der Waals surface area contributed by atoms with Crippen LogP contribution < -0.4 is 4.90 Å². The van der Waals surface area contributed by atoms with Gasteiger partial charge in [-0.25, -0.2) is 9.97 Å². The van der Waals surface area contributed by atoms with Gasteiger partial charge in [0.25, 0.3) is 0 Å². The fraction of sp³-hybridized carbons (Fsp3) is 0.429. The van der Waals surface area contributed by atoms with Crippen molar-refractivity contribution in [3.8, 4) is 0 Å². The molecule has 3 nitrogen and oxygen atoms in total. The first-order valence-corrected chi connectivity index (χ1v) is 8.50. The topological polar surface area (TPSA) is 29.0 Å². The quantitative estimate of drug-likeness (QED) is 0.801. The van der Waals surface area contributed by atoms with Gasteiger partial charge in [0.15, 0.2) is 0 Å². The molecule has 0 amide bonds. The third kappa shape index (κ3) is 3.48. The summed E-state index contributed by atoms with van der Waals surface area (Å²) in [4.78, 5) is 11.2. The number of hydrogen-bond acceptors (Lipinski definition) is 5. The Morgan fingerprint density at radius 1 is 1.21 bits per heavy atom. The van der Waals surface area contributed by atoms with Gasteiger partial charge in [0.1, 0.15) is 12.1 Å². The maximum Gasteiger partial charge on any atom is 0.132 e. The smallest absolute Gasteiger partial charge is 0.132 e. The number of rotatable bonds is 4. The molecule has 2 aromatic heterocycles. The predicted octanol–water partition coefficient (Wildman–Crippen LogP) is 3.82. The van der Waals surface area contributed by atoms with Crippen LogP contribution in [-0.4, -0.2) is 23.1 Å². The molecule has 1 fully saturated rings. The molecule has 0 atom stereocenters. The fourth-order valence-electron chi connectivity index (χ4n) is 2.25. The highest BCUT2D eigenvalue weighted by atomic mass is 32.2. The molecule has 2 aromatic rings. The van der Waals surface area contributed by atoms with Crippen LogP contribution in [0.1, 0.15) is 25.0 Å². The van der Waals surface area contributed by atoms with E-state index in [1.165, 1.54) is 23.5 Å². The molecular formula is C14H17N3S2. The molecule has 0 aromatic carbocycles. The molecule has 0 unspecified atom stereocenters. The van der Waals surface area contributed by atoms with E-state index in [4.69, 9.17) is 0 Å². The van der Waals surface area contributed by atoms with Crippen molar-refractivity contribution in [2.24, 2.45) is 0 Å². The van der Waals surface area contributed by atoms with Crippen molar-refractivity contribution >= 4 is 28.9 Å². The lowest BCUT2D eigenvalue weighted by atomic mass is 10.1. The number of anilines is 1. The number of piperidine rings is 1. The van der Waals surface area contributed by atoms with Gasteiger partial charge in [-0.2, -0.15) is 0 Å². The molecule has 1 aliphatic heterocycles. The molecule has 0 saturated carbocycles. The normalized spacial score (nSPS) is 15.7. The van der Waals surface area contributed by atoms with Gasteiger partial charge in [0, 0.05) is 24.9 Å². The fourth-order valence-corrected chi connectivity index (χ4v) is 3.94. The zero-order chi connectivity index (χ0) is 12.9. The standard InChI is InChI=1S/C14H17N3S2/c1-2-6-17(7-3-1)13-9-12(15-11-16-13)10-19-14-5-4-8-18-14/h4-5,8-9,11H,1-3,6-7,10H2. The SMILES string of the molecule is c1csc(SCc2cc(N3CCCCC3)ncn2)c1. The zero-order valence-corrected chi connectivity index (χ0v) is 12.4. The summed E-state index contributed by atoms with van der Waals surface area (Å²) in [5, 5.41) is 2.11. The van der Waals surface area contributed by atoms with Crippen molar-refractivity contribution in [1.29, 1.82) is 0 Å². The molecule has 5 heteroatoms. The lowest BCUT2D eigenvalue weighted by molar-refractivity contribution is 0.573. The van der Waals surface area contributed by atoms with E-state index in [9.17, 15) is 0 Å². The second kappa shape index (κ2) is 6.39. The first-order chi connectivity index (χ1) is 9.42. The van der Waals surface area contributed by atoms with Crippen LogP contribution in [0.2, 0.25) is 0 Å². The maximum atomic E-state index is 4.42. The monoisotopic (exact) mass is 291 g/mol. The highest BCUT2D eigenvalue weighted by Crippen LogP contribution is 2.27. The third-order valence-corrected chi connectivity index (χ3v) is 5.41. The van der Waals surface area contributed by atoms with E-state index in [2.05, 4.69) is 38.4 Å². The van der Waals surface area contributed by atoms with E-state index in [1.54, 1.807) is 17.7 Å². The van der Waals surface area contributed by atoms with Crippen LogP contribution in [0.25, 0.3) is 0 Å². The second-order valence-corrected chi connectivity index (χ2v) is 6.86. The van der Waals surface area contributed by atoms with Crippen LogP contribution in [0.4, 0.5) is 5.82 Å². The number of thioether (sulfide) groups is 1. The van der Waals surface area contributed by atoms with Gasteiger partial charge < -0.3 is 4.90 Å². The molecule has 0 bridgehead atoms. The minimum atomic E-state index is 0.921. The molecular weight excluding hydrogens is 274 g/mol. The van der Waals surface area contributed by atoms with Gasteiger partial charge in [-0.05, 0) is 30.7 Å². The Hall–Kier alpha value is -1.07. The van der Waals surface area contributed by atoms with Crippen molar-refractivity contribution in [2.75, 3.05) is 18.0 Å². The van der Waals surface area contributed by atoms with Crippen LogP contribution in [0, 0.1) is 0 Å². The summed E-state index contributed by atoms with van der Waals surface area (Å²) in [6.45, 7) is 2.27. The Balaban J connectivity index is 1.65. The van der Waals surface area contributed by atoms with Crippen molar-refractivity contribution < 1.29 is 0 Å². The van der Waals surface area contributed by atoms with E-state index in [1.807, 2.05) is 11.8 Å². The molecule has 1 aliphatic rings. The van der Waals surface area contributed by atoms with E-state index in [-0.39, 0.29) is 0 Å². The molecule has 3 heterocycles. The van der Waals surface area contributed by atoms with Crippen LogP contribution >= 0.6 is 23.1 Å². The summed E-state index contributed by atoms with van der Waals surface area (Å²) in [5.41, 5.74) is 1.12. The first kappa shape index (κ1) is 12.9. The van der Waals surface area contributed by atoms with Crippen molar-refractivity contribution in [1.82, 2.24) is 9.97 Å². The highest BCUT2D eigenvalue weighted by Gasteiger charge is 2.12. The summed E-state index contributed by atoms with van der Waals surface area (Å²) >= 11 is 3.63. The zero-order valence-electron chi connectivity index (χ0n) is 10.8. The van der Waals surface area contributed by atoms with Crippen molar-refractivity contribution in [2.45, 2.75) is 29.2 Å². The Labute approximate surface area is 122 Å². The highest BCUT2D eigenvalue weighted by molar-refractivity contribution is 8.00. The Morgan fingerprint density at radius 2 is 2.11 bits per heavy atom. The van der Waals surface area contributed by atoms with Gasteiger partial charge in [0.05, 0.1) is 9.90 Å². The molecule has 19 heavy (non-hydrogen) atoms. The Bertz CT molecular complexity index is 507. The van der Waals surface area contributed by atoms with Gasteiger partial charge in [0.2, 0.25) is 0 Å². The van der Waals surface area contributed by atoms with E-state index in [0.717, 1.165) is 30.4 Å². The summed E-state index contributed by atoms with van der Waals surface area (Å²) in [6, 6.07) is 6.39. The predicted molar refractivity (Wildman–Crippen MR) is 82.0 cm³/mol. The Kier molecular flexibility index (Phi) is 4.35. The first-order valence-electron chi connectivity index (χ1n) is 6.64. The number of hydrogen-bond donors (Lipinski definition) is 0. The molecule has 0 aliphatic carbocycles. The lowest BCUT2D eigenvalue weighted by Gasteiger charge is -2.27. The van der Waals surface area contributed by atoms with Crippen LogP contribution in [0.5, 0.6) is 0 Å². The minimum Gasteiger partial charge on any atom is -0.357 e. The summed E-state index contributed by atoms with van der Waals surface area (Å²) < 4.78 is 1.35. The number of aromatic nitrogens is 2. The number of thiophene rings is 1. The van der Waals surface area contributed by atoms with Gasteiger partial charge in [-0.15, -0.1) is 23.1 Å². The third-order valence-electron chi connectivity index (χ3n) is 3.25.